The zero-order valence-corrected chi connectivity index (χ0v) is 20.0. The van der Waals surface area contributed by atoms with Crippen molar-refractivity contribution in [1.82, 2.24) is 15.5 Å². The Morgan fingerprint density at radius 2 is 1.77 bits per heavy atom. The van der Waals surface area contributed by atoms with E-state index in [1.54, 1.807) is 0 Å². The average Bonchev–Trinajstić information content (AvgIpc) is 2.69. The highest BCUT2D eigenvalue weighted by atomic mass is 79.9. The van der Waals surface area contributed by atoms with Crippen molar-refractivity contribution in [3.8, 4) is 0 Å². The van der Waals surface area contributed by atoms with E-state index in [0.29, 0.717) is 50.4 Å². The first-order valence-corrected chi connectivity index (χ1v) is 11.6. The van der Waals surface area contributed by atoms with Crippen LogP contribution in [0, 0.1) is 17.8 Å². The molecule has 0 aliphatic carbocycles. The third kappa shape index (κ3) is 7.42. The van der Waals surface area contributed by atoms with Crippen molar-refractivity contribution in [3.05, 3.63) is 34.3 Å². The molecule has 6 nitrogen and oxygen atoms in total. The number of hydrogen-bond donors (Lipinski definition) is 2. The standard InChI is InChI=1S/C23H34BrN3O3/c1-15(2)12-20(28)26-21(22(29)25-14-16(3)4)17-8-10-27(11-9-17)23(30)18-6-5-7-19(24)13-18/h5-7,13,15-17,21H,8-12,14H2,1-4H3,(H,25,29)(H,26,28). The number of rotatable bonds is 8. The lowest BCUT2D eigenvalue weighted by atomic mass is 9.88. The van der Waals surface area contributed by atoms with E-state index in [2.05, 4.69) is 26.6 Å². The molecule has 0 bridgehead atoms. The molecule has 3 amide bonds. The van der Waals surface area contributed by atoms with E-state index in [9.17, 15) is 14.4 Å². The van der Waals surface area contributed by atoms with Gasteiger partial charge in [-0.25, -0.2) is 0 Å². The highest BCUT2D eigenvalue weighted by Gasteiger charge is 2.34. The van der Waals surface area contributed by atoms with Gasteiger partial charge in [-0.2, -0.15) is 0 Å². The molecule has 1 fully saturated rings. The average molecular weight is 480 g/mol. The summed E-state index contributed by atoms with van der Waals surface area (Å²) in [5, 5.41) is 5.93. The maximum Gasteiger partial charge on any atom is 0.253 e. The van der Waals surface area contributed by atoms with E-state index < -0.39 is 6.04 Å². The van der Waals surface area contributed by atoms with Gasteiger partial charge in [-0.05, 0) is 48.8 Å². The quantitative estimate of drug-likeness (QED) is 0.597. The lowest BCUT2D eigenvalue weighted by molar-refractivity contribution is -0.131. The molecule has 2 rings (SSSR count). The first-order valence-electron chi connectivity index (χ1n) is 10.8. The summed E-state index contributed by atoms with van der Waals surface area (Å²) in [4.78, 5) is 39.8. The molecule has 1 aromatic carbocycles. The number of hydrogen-bond acceptors (Lipinski definition) is 3. The molecule has 0 aromatic heterocycles. The zero-order chi connectivity index (χ0) is 22.3. The second-order valence-corrected chi connectivity index (χ2v) is 9.84. The number of benzene rings is 1. The van der Waals surface area contributed by atoms with Gasteiger partial charge >= 0.3 is 0 Å². The number of carbonyl (C=O) groups is 3. The van der Waals surface area contributed by atoms with Crippen molar-refractivity contribution in [1.29, 1.82) is 0 Å². The smallest absolute Gasteiger partial charge is 0.253 e. The molecule has 2 N–H and O–H groups in total. The number of carbonyl (C=O) groups excluding carboxylic acids is 3. The van der Waals surface area contributed by atoms with Crippen LogP contribution in [0.5, 0.6) is 0 Å². The molecule has 30 heavy (non-hydrogen) atoms. The van der Waals surface area contributed by atoms with Gasteiger partial charge in [0.2, 0.25) is 11.8 Å². The minimum absolute atomic E-state index is 0.000553. The molecule has 0 spiro atoms. The molecule has 7 heteroatoms. The molecule has 0 radical (unpaired) electrons. The van der Waals surface area contributed by atoms with Gasteiger partial charge in [0, 0.05) is 36.1 Å². The maximum atomic E-state index is 12.8. The Morgan fingerprint density at radius 3 is 2.33 bits per heavy atom. The Labute approximate surface area is 188 Å². The normalized spacial score (nSPS) is 15.9. The van der Waals surface area contributed by atoms with E-state index in [-0.39, 0.29) is 29.6 Å². The van der Waals surface area contributed by atoms with Gasteiger partial charge in [-0.3, -0.25) is 14.4 Å². The first-order chi connectivity index (χ1) is 14.2. The largest absolute Gasteiger partial charge is 0.354 e. The summed E-state index contributed by atoms with van der Waals surface area (Å²) < 4.78 is 0.873. The minimum Gasteiger partial charge on any atom is -0.354 e. The van der Waals surface area contributed by atoms with Crippen molar-refractivity contribution in [2.45, 2.75) is 53.0 Å². The fourth-order valence-electron chi connectivity index (χ4n) is 3.66. The minimum atomic E-state index is -0.557. The van der Waals surface area contributed by atoms with Gasteiger partial charge in [-0.1, -0.05) is 49.7 Å². The molecule has 0 saturated carbocycles. The molecule has 1 saturated heterocycles. The van der Waals surface area contributed by atoms with Gasteiger partial charge in [0.1, 0.15) is 6.04 Å². The maximum absolute atomic E-state index is 12.8. The molecule has 1 atom stereocenters. The number of nitrogens with one attached hydrogen (secondary N) is 2. The van der Waals surface area contributed by atoms with Crippen LogP contribution in [0.3, 0.4) is 0 Å². The van der Waals surface area contributed by atoms with Gasteiger partial charge < -0.3 is 15.5 Å². The third-order valence-corrected chi connectivity index (χ3v) is 5.74. The Hall–Kier alpha value is -1.89. The number of nitrogens with zero attached hydrogens (tertiary/aromatic N) is 1. The van der Waals surface area contributed by atoms with Gasteiger partial charge in [0.05, 0.1) is 0 Å². The summed E-state index contributed by atoms with van der Waals surface area (Å²) in [6.07, 6.45) is 1.76. The molecule has 1 aliphatic heterocycles. The number of amides is 3. The van der Waals surface area contributed by atoms with Crippen LogP contribution >= 0.6 is 15.9 Å². The summed E-state index contributed by atoms with van der Waals surface area (Å²) >= 11 is 3.41. The predicted molar refractivity (Wildman–Crippen MR) is 122 cm³/mol. The monoisotopic (exact) mass is 479 g/mol. The van der Waals surface area contributed by atoms with E-state index in [1.807, 2.05) is 56.9 Å². The van der Waals surface area contributed by atoms with E-state index in [4.69, 9.17) is 0 Å². The zero-order valence-electron chi connectivity index (χ0n) is 18.4. The highest BCUT2D eigenvalue weighted by Crippen LogP contribution is 2.23. The third-order valence-electron chi connectivity index (χ3n) is 5.25. The summed E-state index contributed by atoms with van der Waals surface area (Å²) in [6, 6.07) is 6.82. The van der Waals surface area contributed by atoms with Gasteiger partial charge in [0.15, 0.2) is 0 Å². The fourth-order valence-corrected chi connectivity index (χ4v) is 4.05. The molecular weight excluding hydrogens is 446 g/mol. The van der Waals surface area contributed by atoms with Gasteiger partial charge in [0.25, 0.3) is 5.91 Å². The molecule has 1 heterocycles. The predicted octanol–water partition coefficient (Wildman–Crippen LogP) is 3.60. The van der Waals surface area contributed by atoms with Crippen LogP contribution < -0.4 is 10.6 Å². The first kappa shape index (κ1) is 24.4. The SMILES string of the molecule is CC(C)CNC(=O)C(NC(=O)CC(C)C)C1CCN(C(=O)c2cccc(Br)c2)CC1. The summed E-state index contributed by atoms with van der Waals surface area (Å²) in [7, 11) is 0. The van der Waals surface area contributed by atoms with Gasteiger partial charge in [-0.15, -0.1) is 0 Å². The molecular formula is C23H34BrN3O3. The van der Waals surface area contributed by atoms with E-state index in [1.165, 1.54) is 0 Å². The summed E-state index contributed by atoms with van der Waals surface area (Å²) in [6.45, 7) is 9.78. The number of piperidine rings is 1. The van der Waals surface area contributed by atoms with Crippen molar-refractivity contribution in [3.63, 3.8) is 0 Å². The topological polar surface area (TPSA) is 78.5 Å². The Morgan fingerprint density at radius 1 is 1.10 bits per heavy atom. The van der Waals surface area contributed by atoms with Crippen LogP contribution in [0.2, 0.25) is 0 Å². The lowest BCUT2D eigenvalue weighted by Gasteiger charge is -2.36. The number of halogens is 1. The Bertz CT molecular complexity index is 743. The van der Waals surface area contributed by atoms with Crippen molar-refractivity contribution in [2.24, 2.45) is 17.8 Å². The van der Waals surface area contributed by atoms with Crippen LogP contribution in [-0.4, -0.2) is 48.3 Å². The van der Waals surface area contributed by atoms with Crippen molar-refractivity contribution < 1.29 is 14.4 Å². The molecule has 166 valence electrons. The molecule has 1 aromatic rings. The van der Waals surface area contributed by atoms with Crippen molar-refractivity contribution in [2.75, 3.05) is 19.6 Å². The summed E-state index contributed by atoms with van der Waals surface area (Å²) in [5.74, 6) is 0.360. The lowest BCUT2D eigenvalue weighted by Crippen LogP contribution is -2.54. The van der Waals surface area contributed by atoms with Crippen molar-refractivity contribution >= 4 is 33.7 Å². The second-order valence-electron chi connectivity index (χ2n) is 8.92. The Kier molecular flexibility index (Phi) is 9.34. The molecule has 1 unspecified atom stereocenters. The summed E-state index contributed by atoms with van der Waals surface area (Å²) in [5.41, 5.74) is 0.652. The highest BCUT2D eigenvalue weighted by molar-refractivity contribution is 9.10. The number of likely N-dealkylation sites (tertiary alicyclic amines) is 1. The van der Waals surface area contributed by atoms with Crippen LogP contribution in [0.1, 0.15) is 57.3 Å². The van der Waals surface area contributed by atoms with E-state index in [0.717, 1.165) is 4.47 Å². The van der Waals surface area contributed by atoms with Crippen LogP contribution in [0.15, 0.2) is 28.7 Å². The van der Waals surface area contributed by atoms with Crippen LogP contribution in [-0.2, 0) is 9.59 Å². The molecule has 1 aliphatic rings. The Balaban J connectivity index is 2.02. The van der Waals surface area contributed by atoms with Crippen LogP contribution in [0.4, 0.5) is 0 Å². The van der Waals surface area contributed by atoms with Crippen LogP contribution in [0.25, 0.3) is 0 Å². The fraction of sp³-hybridized carbons (Fsp3) is 0.609. The van der Waals surface area contributed by atoms with E-state index >= 15 is 0 Å². The second kappa shape index (κ2) is 11.5.